The molecule has 2 aliphatic rings. The minimum atomic E-state index is -4.28. The van der Waals surface area contributed by atoms with Crippen LogP contribution in [-0.4, -0.2) is 0 Å². The van der Waals surface area contributed by atoms with E-state index in [0.29, 0.717) is 11.5 Å². The molecule has 0 radical (unpaired) electrons. The molecule has 0 atom stereocenters. The Labute approximate surface area is 155 Å². The monoisotopic (exact) mass is 362 g/mol. The maximum absolute atomic E-state index is 12.6. The van der Waals surface area contributed by atoms with Crippen molar-refractivity contribution in [2.75, 3.05) is 0 Å². The van der Waals surface area contributed by atoms with Gasteiger partial charge in [-0.15, -0.1) is 0 Å². The van der Waals surface area contributed by atoms with E-state index in [4.69, 9.17) is 0 Å². The molecule has 0 spiro atoms. The molecule has 0 aliphatic heterocycles. The van der Waals surface area contributed by atoms with Crippen LogP contribution in [0.1, 0.15) is 75.8 Å². The van der Waals surface area contributed by atoms with E-state index in [2.05, 4.69) is 18.8 Å². The van der Waals surface area contributed by atoms with Gasteiger partial charge in [-0.25, -0.2) is 0 Å². The highest BCUT2D eigenvalue weighted by atomic mass is 19.4. The Morgan fingerprint density at radius 3 is 1.88 bits per heavy atom. The molecule has 26 heavy (non-hydrogen) atoms. The first-order valence-corrected chi connectivity index (χ1v) is 10.1. The number of rotatable bonds is 2. The van der Waals surface area contributed by atoms with E-state index in [9.17, 15) is 13.2 Å². The summed E-state index contributed by atoms with van der Waals surface area (Å²) in [6, 6.07) is 5.20. The topological polar surface area (TPSA) is 0 Å². The number of halogens is 3. The van der Waals surface area contributed by atoms with Gasteiger partial charge in [0, 0.05) is 11.5 Å². The molecule has 1 aromatic rings. The van der Waals surface area contributed by atoms with Gasteiger partial charge in [0.15, 0.2) is 0 Å². The van der Waals surface area contributed by atoms with Crippen molar-refractivity contribution in [2.45, 2.75) is 70.9 Å². The SMILES string of the molecule is CCC1CCC(C2CCC(C#Cc3ccc(C(F)(F)F)cc3)CC2)CC1. The predicted octanol–water partition coefficient (Wildman–Crippen LogP) is 7.08. The van der Waals surface area contributed by atoms with Gasteiger partial charge in [0.1, 0.15) is 0 Å². The predicted molar refractivity (Wildman–Crippen MR) is 99.5 cm³/mol. The number of hydrogen-bond acceptors (Lipinski definition) is 0. The van der Waals surface area contributed by atoms with Crippen molar-refractivity contribution >= 4 is 0 Å². The summed E-state index contributed by atoms with van der Waals surface area (Å²) in [5.41, 5.74) is 0.0689. The van der Waals surface area contributed by atoms with E-state index < -0.39 is 11.7 Å². The normalized spacial score (nSPS) is 29.7. The summed E-state index contributed by atoms with van der Waals surface area (Å²) in [5, 5.41) is 0. The Kier molecular flexibility index (Phi) is 6.33. The smallest absolute Gasteiger partial charge is 0.166 e. The van der Waals surface area contributed by atoms with Crippen LogP contribution in [0, 0.1) is 35.5 Å². The summed E-state index contributed by atoms with van der Waals surface area (Å²) in [6.07, 6.45) is 7.53. The van der Waals surface area contributed by atoms with Crippen molar-refractivity contribution in [1.82, 2.24) is 0 Å². The Bertz CT molecular complexity index is 616. The zero-order chi connectivity index (χ0) is 18.6. The molecule has 0 nitrogen and oxygen atoms in total. The first kappa shape index (κ1) is 19.3. The third-order valence-electron chi connectivity index (χ3n) is 6.54. The fourth-order valence-corrected chi connectivity index (χ4v) is 4.73. The lowest BCUT2D eigenvalue weighted by atomic mass is 9.69. The average molecular weight is 362 g/mol. The highest BCUT2D eigenvalue weighted by Gasteiger charge is 2.31. The molecule has 2 fully saturated rings. The van der Waals surface area contributed by atoms with Crippen molar-refractivity contribution < 1.29 is 13.2 Å². The van der Waals surface area contributed by atoms with Gasteiger partial charge in [0.05, 0.1) is 5.56 Å². The van der Waals surface area contributed by atoms with Gasteiger partial charge in [-0.3, -0.25) is 0 Å². The summed E-state index contributed by atoms with van der Waals surface area (Å²) in [4.78, 5) is 0. The fraction of sp³-hybridized carbons (Fsp3) is 0.652. The molecule has 0 saturated heterocycles. The van der Waals surface area contributed by atoms with Gasteiger partial charge in [-0.05, 0) is 80.5 Å². The molecule has 0 N–H and O–H groups in total. The Morgan fingerprint density at radius 1 is 0.846 bits per heavy atom. The van der Waals surface area contributed by atoms with Gasteiger partial charge in [-0.2, -0.15) is 13.2 Å². The van der Waals surface area contributed by atoms with Crippen molar-refractivity contribution in [3.63, 3.8) is 0 Å². The fourth-order valence-electron chi connectivity index (χ4n) is 4.73. The lowest BCUT2D eigenvalue weighted by Crippen LogP contribution is -2.25. The molecule has 2 aliphatic carbocycles. The summed E-state index contributed by atoms with van der Waals surface area (Å²) in [7, 11) is 0. The van der Waals surface area contributed by atoms with Crippen LogP contribution in [0.4, 0.5) is 13.2 Å². The van der Waals surface area contributed by atoms with E-state index in [1.807, 2.05) is 0 Å². The number of benzene rings is 1. The maximum atomic E-state index is 12.6. The van der Waals surface area contributed by atoms with E-state index in [-0.39, 0.29) is 0 Å². The molecular weight excluding hydrogens is 333 g/mol. The third-order valence-corrected chi connectivity index (χ3v) is 6.54. The number of alkyl halides is 3. The van der Waals surface area contributed by atoms with Gasteiger partial charge >= 0.3 is 6.18 Å². The van der Waals surface area contributed by atoms with Gasteiger partial charge < -0.3 is 0 Å². The van der Waals surface area contributed by atoms with Gasteiger partial charge in [-0.1, -0.05) is 38.0 Å². The lowest BCUT2D eigenvalue weighted by Gasteiger charge is -2.36. The first-order valence-electron chi connectivity index (χ1n) is 10.1. The Hall–Kier alpha value is -1.43. The molecule has 2 saturated carbocycles. The highest BCUT2D eigenvalue weighted by Crippen LogP contribution is 2.41. The minimum absolute atomic E-state index is 0.403. The molecule has 0 aromatic heterocycles. The zero-order valence-corrected chi connectivity index (χ0v) is 15.6. The molecule has 0 unspecified atom stereocenters. The second-order valence-electron chi connectivity index (χ2n) is 8.15. The molecule has 3 rings (SSSR count). The summed E-state index contributed by atoms with van der Waals surface area (Å²) in [6.45, 7) is 2.31. The van der Waals surface area contributed by atoms with Crippen molar-refractivity contribution in [3.05, 3.63) is 35.4 Å². The molecular formula is C23H29F3. The standard InChI is InChI=1S/C23H29F3/c1-2-17-5-11-20(12-6-17)21-13-7-18(8-14-21)3-4-19-9-15-22(16-10-19)23(24,25)26/h9-10,15-18,20-21H,2,5-8,11-14H2,1H3. The minimum Gasteiger partial charge on any atom is -0.166 e. The highest BCUT2D eigenvalue weighted by molar-refractivity contribution is 5.37. The van der Waals surface area contributed by atoms with E-state index >= 15 is 0 Å². The Morgan fingerprint density at radius 2 is 1.38 bits per heavy atom. The Balaban J connectivity index is 1.48. The maximum Gasteiger partial charge on any atom is 0.416 e. The van der Waals surface area contributed by atoms with Crippen molar-refractivity contribution in [2.24, 2.45) is 23.7 Å². The summed E-state index contributed by atoms with van der Waals surface area (Å²) in [5.74, 6) is 9.54. The van der Waals surface area contributed by atoms with Crippen LogP contribution in [0.15, 0.2) is 24.3 Å². The van der Waals surface area contributed by atoms with E-state index in [0.717, 1.165) is 42.7 Å². The molecule has 142 valence electrons. The van der Waals surface area contributed by atoms with Crippen molar-refractivity contribution in [3.8, 4) is 11.8 Å². The zero-order valence-electron chi connectivity index (χ0n) is 15.6. The largest absolute Gasteiger partial charge is 0.416 e. The molecule has 0 amide bonds. The number of hydrogen-bond donors (Lipinski definition) is 0. The second-order valence-corrected chi connectivity index (χ2v) is 8.15. The summed E-state index contributed by atoms with van der Waals surface area (Å²) >= 11 is 0. The summed E-state index contributed by atoms with van der Waals surface area (Å²) < 4.78 is 37.8. The molecule has 0 heterocycles. The second kappa shape index (κ2) is 8.51. The van der Waals surface area contributed by atoms with Crippen LogP contribution in [-0.2, 0) is 6.18 Å². The quantitative estimate of drug-likeness (QED) is 0.493. The van der Waals surface area contributed by atoms with E-state index in [1.165, 1.54) is 57.1 Å². The van der Waals surface area contributed by atoms with Gasteiger partial charge in [0.25, 0.3) is 0 Å². The molecule has 3 heteroatoms. The lowest BCUT2D eigenvalue weighted by molar-refractivity contribution is -0.137. The third kappa shape index (κ3) is 5.06. The van der Waals surface area contributed by atoms with Crippen LogP contribution in [0.25, 0.3) is 0 Å². The average Bonchev–Trinajstić information content (AvgIpc) is 2.66. The van der Waals surface area contributed by atoms with Crippen LogP contribution in [0.5, 0.6) is 0 Å². The van der Waals surface area contributed by atoms with Crippen LogP contribution >= 0.6 is 0 Å². The van der Waals surface area contributed by atoms with E-state index in [1.54, 1.807) is 0 Å². The first-order chi connectivity index (χ1) is 12.5. The van der Waals surface area contributed by atoms with Gasteiger partial charge in [0.2, 0.25) is 0 Å². The van der Waals surface area contributed by atoms with Crippen LogP contribution < -0.4 is 0 Å². The van der Waals surface area contributed by atoms with Crippen molar-refractivity contribution in [1.29, 1.82) is 0 Å². The van der Waals surface area contributed by atoms with Crippen LogP contribution in [0.3, 0.4) is 0 Å². The van der Waals surface area contributed by atoms with Crippen LogP contribution in [0.2, 0.25) is 0 Å². The molecule has 0 bridgehead atoms. The molecule has 1 aromatic carbocycles.